The van der Waals surface area contributed by atoms with E-state index >= 15 is 0 Å². The molecule has 2 atom stereocenters. The summed E-state index contributed by atoms with van der Waals surface area (Å²) < 4.78 is 5.29. The van der Waals surface area contributed by atoms with Gasteiger partial charge in [-0.05, 0) is 51.2 Å². The Balaban J connectivity index is 3.24. The number of carboxylic acid groups (broad SMARTS) is 1. The van der Waals surface area contributed by atoms with Gasteiger partial charge in [-0.25, -0.2) is 4.79 Å². The number of hydrogen-bond donors (Lipinski definition) is 3. The highest BCUT2D eigenvalue weighted by molar-refractivity contribution is 7.98. The van der Waals surface area contributed by atoms with Crippen LogP contribution in [0.5, 0.6) is 0 Å². The van der Waals surface area contributed by atoms with E-state index in [9.17, 15) is 19.2 Å². The van der Waals surface area contributed by atoms with Crippen LogP contribution >= 0.6 is 11.8 Å². The van der Waals surface area contributed by atoms with Crippen LogP contribution in [0.1, 0.15) is 45.6 Å². The monoisotopic (exact) mass is 467 g/mol. The quantitative estimate of drug-likeness (QED) is 0.429. The lowest BCUT2D eigenvalue weighted by molar-refractivity contribution is -0.144. The molecule has 0 saturated heterocycles. The first-order valence-electron chi connectivity index (χ1n) is 10.3. The molecule has 4 N–H and O–H groups in total. The maximum atomic E-state index is 13.5. The molecule has 9 nitrogen and oxygen atoms in total. The fourth-order valence-electron chi connectivity index (χ4n) is 2.98. The van der Waals surface area contributed by atoms with Crippen molar-refractivity contribution in [1.29, 1.82) is 0 Å². The van der Waals surface area contributed by atoms with Crippen LogP contribution < -0.4 is 11.1 Å². The van der Waals surface area contributed by atoms with Gasteiger partial charge in [0.1, 0.15) is 17.7 Å². The molecule has 0 fully saturated rings. The highest BCUT2D eigenvalue weighted by Crippen LogP contribution is 2.17. The Morgan fingerprint density at radius 3 is 2.28 bits per heavy atom. The second kappa shape index (κ2) is 12.9. The molecule has 0 aliphatic carbocycles. The van der Waals surface area contributed by atoms with E-state index in [4.69, 9.17) is 15.6 Å². The molecule has 1 rings (SSSR count). The van der Waals surface area contributed by atoms with Crippen LogP contribution in [0.25, 0.3) is 0 Å². The fourth-order valence-corrected chi connectivity index (χ4v) is 3.45. The van der Waals surface area contributed by atoms with E-state index in [1.165, 1.54) is 16.7 Å². The largest absolute Gasteiger partial charge is 0.481 e. The van der Waals surface area contributed by atoms with E-state index in [0.717, 1.165) is 5.56 Å². The molecule has 0 aliphatic heterocycles. The lowest BCUT2D eigenvalue weighted by atomic mass is 10.0. The Labute approximate surface area is 193 Å². The first-order valence-corrected chi connectivity index (χ1v) is 11.7. The van der Waals surface area contributed by atoms with Crippen LogP contribution in [-0.2, 0) is 25.7 Å². The predicted molar refractivity (Wildman–Crippen MR) is 123 cm³/mol. The fraction of sp³-hybridized carbons (Fsp3) is 0.545. The number of carbonyl (C=O) groups excluding carboxylic acids is 3. The van der Waals surface area contributed by atoms with Gasteiger partial charge in [-0.2, -0.15) is 11.8 Å². The predicted octanol–water partition coefficient (Wildman–Crippen LogP) is 2.38. The minimum Gasteiger partial charge on any atom is -0.481 e. The standard InChI is InChI=1S/C22H33N3O6S/c1-22(2,3)31-21(30)24-16(12-13-32-4)20(29)25(14-15-8-6-5-7-9-15)17(19(23)28)10-11-18(26)27/h5-9,16-17H,10-14H2,1-4H3,(H2,23,28)(H,24,30)(H,26,27)/t16-,17+/m0/s1. The summed E-state index contributed by atoms with van der Waals surface area (Å²) in [5.41, 5.74) is 5.55. The van der Waals surface area contributed by atoms with Crippen LogP contribution in [0.2, 0.25) is 0 Å². The molecule has 3 amide bonds. The van der Waals surface area contributed by atoms with Crippen molar-refractivity contribution in [2.24, 2.45) is 5.73 Å². The summed E-state index contributed by atoms with van der Waals surface area (Å²) in [6, 6.07) is 6.86. The Hall–Kier alpha value is -2.75. The average Bonchev–Trinajstić information content (AvgIpc) is 2.68. The third-order valence-corrected chi connectivity index (χ3v) is 5.06. The van der Waals surface area contributed by atoms with Gasteiger partial charge in [0.05, 0.1) is 0 Å². The van der Waals surface area contributed by atoms with Crippen molar-refractivity contribution in [1.82, 2.24) is 10.2 Å². The van der Waals surface area contributed by atoms with Crippen molar-refractivity contribution < 1.29 is 29.0 Å². The number of hydrogen-bond acceptors (Lipinski definition) is 6. The molecule has 0 unspecified atom stereocenters. The summed E-state index contributed by atoms with van der Waals surface area (Å²) >= 11 is 1.50. The van der Waals surface area contributed by atoms with Gasteiger partial charge in [0, 0.05) is 13.0 Å². The minimum absolute atomic E-state index is 0.0403. The van der Waals surface area contributed by atoms with Crippen LogP contribution in [0.3, 0.4) is 0 Å². The van der Waals surface area contributed by atoms with E-state index in [2.05, 4.69) is 5.32 Å². The molecule has 0 radical (unpaired) electrons. The summed E-state index contributed by atoms with van der Waals surface area (Å²) in [5.74, 6) is -1.87. The second-order valence-corrected chi connectivity index (χ2v) is 9.27. The number of aliphatic carboxylic acids is 1. The van der Waals surface area contributed by atoms with Crippen LogP contribution in [0, 0.1) is 0 Å². The van der Waals surface area contributed by atoms with Gasteiger partial charge < -0.3 is 25.8 Å². The highest BCUT2D eigenvalue weighted by Gasteiger charge is 2.34. The number of alkyl carbamates (subject to hydrolysis) is 1. The van der Waals surface area contributed by atoms with Crippen LogP contribution in [0.4, 0.5) is 4.79 Å². The number of carbonyl (C=O) groups is 4. The first kappa shape index (κ1) is 27.3. The van der Waals surface area contributed by atoms with Crippen molar-refractivity contribution in [3.8, 4) is 0 Å². The Bertz CT molecular complexity index is 782. The number of nitrogens with two attached hydrogens (primary N) is 1. The molecule has 10 heteroatoms. The number of primary amides is 1. The van der Waals surface area contributed by atoms with Crippen molar-refractivity contribution >= 4 is 35.6 Å². The Morgan fingerprint density at radius 2 is 1.78 bits per heavy atom. The summed E-state index contributed by atoms with van der Waals surface area (Å²) in [6.07, 6.45) is 0.953. The lowest BCUT2D eigenvalue weighted by Crippen LogP contribution is -2.55. The Kier molecular flexibility index (Phi) is 11.0. The van der Waals surface area contributed by atoms with Crippen LogP contribution in [-0.4, -0.2) is 63.6 Å². The molecule has 0 saturated carbocycles. The molecule has 0 aromatic heterocycles. The van der Waals surface area contributed by atoms with E-state index in [1.807, 2.05) is 12.3 Å². The van der Waals surface area contributed by atoms with Crippen molar-refractivity contribution in [3.05, 3.63) is 35.9 Å². The van der Waals surface area contributed by atoms with E-state index in [1.54, 1.807) is 45.0 Å². The lowest BCUT2D eigenvalue weighted by Gasteiger charge is -2.33. The van der Waals surface area contributed by atoms with Crippen molar-refractivity contribution in [2.75, 3.05) is 12.0 Å². The molecule has 1 aromatic rings. The van der Waals surface area contributed by atoms with Crippen LogP contribution in [0.15, 0.2) is 30.3 Å². The molecule has 0 spiro atoms. The SMILES string of the molecule is CSCC[C@H](NC(=O)OC(C)(C)C)C(=O)N(Cc1ccccc1)[C@H](CCC(=O)O)C(N)=O. The van der Waals surface area contributed by atoms with E-state index < -0.39 is 41.6 Å². The zero-order valence-electron chi connectivity index (χ0n) is 19.0. The van der Waals surface area contributed by atoms with Crippen molar-refractivity contribution in [3.63, 3.8) is 0 Å². The Morgan fingerprint density at radius 1 is 1.16 bits per heavy atom. The number of ether oxygens (including phenoxy) is 1. The maximum Gasteiger partial charge on any atom is 0.408 e. The molecule has 0 bridgehead atoms. The number of rotatable bonds is 12. The maximum absolute atomic E-state index is 13.5. The molecule has 32 heavy (non-hydrogen) atoms. The van der Waals surface area contributed by atoms with Gasteiger partial charge in [-0.3, -0.25) is 14.4 Å². The highest BCUT2D eigenvalue weighted by atomic mass is 32.2. The summed E-state index contributed by atoms with van der Waals surface area (Å²) in [4.78, 5) is 50.5. The second-order valence-electron chi connectivity index (χ2n) is 8.28. The van der Waals surface area contributed by atoms with Gasteiger partial charge in [0.25, 0.3) is 0 Å². The topological polar surface area (TPSA) is 139 Å². The summed E-state index contributed by atoms with van der Waals surface area (Å²) in [6.45, 7) is 5.17. The van der Waals surface area contributed by atoms with Gasteiger partial charge in [-0.15, -0.1) is 0 Å². The molecule has 0 aliphatic rings. The number of benzene rings is 1. The van der Waals surface area contributed by atoms with Gasteiger partial charge in [0.2, 0.25) is 11.8 Å². The smallest absolute Gasteiger partial charge is 0.408 e. The number of amides is 3. The molecule has 1 aromatic carbocycles. The van der Waals surface area contributed by atoms with Gasteiger partial charge in [-0.1, -0.05) is 30.3 Å². The normalized spacial score (nSPS) is 13.0. The summed E-state index contributed by atoms with van der Waals surface area (Å²) in [5, 5.41) is 11.7. The zero-order chi connectivity index (χ0) is 24.3. The third-order valence-electron chi connectivity index (χ3n) is 4.41. The number of carboxylic acids is 1. The molecular weight excluding hydrogens is 434 g/mol. The molecular formula is C22H33N3O6S. The zero-order valence-corrected chi connectivity index (χ0v) is 19.8. The van der Waals surface area contributed by atoms with E-state index in [-0.39, 0.29) is 19.4 Å². The molecule has 0 heterocycles. The number of nitrogens with one attached hydrogen (secondary N) is 1. The number of thioether (sulfide) groups is 1. The minimum atomic E-state index is -1.14. The molecule has 178 valence electrons. The first-order chi connectivity index (χ1) is 14.9. The van der Waals surface area contributed by atoms with E-state index in [0.29, 0.717) is 12.2 Å². The summed E-state index contributed by atoms with van der Waals surface area (Å²) in [7, 11) is 0. The third kappa shape index (κ3) is 10.0. The average molecular weight is 468 g/mol. The number of nitrogens with zero attached hydrogens (tertiary/aromatic N) is 1. The van der Waals surface area contributed by atoms with Crippen molar-refractivity contribution in [2.45, 2.75) is 64.3 Å². The van der Waals surface area contributed by atoms with Gasteiger partial charge >= 0.3 is 12.1 Å². The van der Waals surface area contributed by atoms with Gasteiger partial charge in [0.15, 0.2) is 0 Å².